The van der Waals surface area contributed by atoms with Crippen molar-refractivity contribution < 1.29 is 4.79 Å². The van der Waals surface area contributed by atoms with E-state index in [9.17, 15) is 9.59 Å². The van der Waals surface area contributed by atoms with E-state index in [4.69, 9.17) is 4.98 Å². The zero-order valence-electron chi connectivity index (χ0n) is 14.4. The molecule has 132 valence electrons. The molecule has 0 saturated heterocycles. The summed E-state index contributed by atoms with van der Waals surface area (Å²) in [6.07, 6.45) is 7.24. The predicted molar refractivity (Wildman–Crippen MR) is 95.7 cm³/mol. The topological polar surface area (TPSA) is 68.1 Å². The zero-order valence-corrected chi connectivity index (χ0v) is 15.2. The Morgan fingerprint density at radius 1 is 1.36 bits per heavy atom. The number of hydrogen-bond acceptors (Lipinski definition) is 5. The number of thiazole rings is 1. The second-order valence-electron chi connectivity index (χ2n) is 6.95. The average Bonchev–Trinajstić information content (AvgIpc) is 3.28. The van der Waals surface area contributed by atoms with Crippen molar-refractivity contribution in [3.8, 4) is 0 Å². The standard InChI is InChI=1S/C18H22N4O2S/c1-12(23)21-7-6-15-16(9-21)19-11-22(18(15)24)8-14-10-25-17(20-14)13-4-2-3-5-13/h10-11,13H,2-9H2,1H3. The van der Waals surface area contributed by atoms with Gasteiger partial charge < -0.3 is 4.90 Å². The van der Waals surface area contributed by atoms with Crippen molar-refractivity contribution in [2.45, 2.75) is 58.0 Å². The van der Waals surface area contributed by atoms with E-state index in [-0.39, 0.29) is 11.5 Å². The van der Waals surface area contributed by atoms with Gasteiger partial charge in [-0.25, -0.2) is 9.97 Å². The van der Waals surface area contributed by atoms with Gasteiger partial charge in [0, 0.05) is 30.3 Å². The molecule has 0 spiro atoms. The summed E-state index contributed by atoms with van der Waals surface area (Å²) in [5, 5.41) is 3.28. The minimum atomic E-state index is 0.00335. The summed E-state index contributed by atoms with van der Waals surface area (Å²) in [5.74, 6) is 0.633. The first-order chi connectivity index (χ1) is 12.1. The lowest BCUT2D eigenvalue weighted by Gasteiger charge is -2.26. The molecule has 2 aromatic heterocycles. The van der Waals surface area contributed by atoms with Crippen molar-refractivity contribution in [2.75, 3.05) is 6.54 Å². The molecule has 1 amide bonds. The third kappa shape index (κ3) is 3.25. The second-order valence-corrected chi connectivity index (χ2v) is 7.84. The number of carbonyl (C=O) groups excluding carboxylic acids is 1. The van der Waals surface area contributed by atoms with Crippen molar-refractivity contribution in [1.29, 1.82) is 0 Å². The molecule has 0 radical (unpaired) electrons. The highest BCUT2D eigenvalue weighted by atomic mass is 32.1. The van der Waals surface area contributed by atoms with Crippen LogP contribution in [0.3, 0.4) is 0 Å². The molecular formula is C18H22N4O2S. The number of nitrogens with zero attached hydrogens (tertiary/aromatic N) is 4. The minimum absolute atomic E-state index is 0.00335. The Balaban J connectivity index is 1.54. The molecule has 1 saturated carbocycles. The van der Waals surface area contributed by atoms with Gasteiger partial charge >= 0.3 is 0 Å². The molecule has 0 unspecified atom stereocenters. The number of rotatable bonds is 3. The van der Waals surface area contributed by atoms with Crippen LogP contribution >= 0.6 is 11.3 Å². The summed E-state index contributed by atoms with van der Waals surface area (Å²) in [7, 11) is 0. The molecule has 25 heavy (non-hydrogen) atoms. The van der Waals surface area contributed by atoms with Crippen LogP contribution < -0.4 is 5.56 Å². The number of amides is 1. The summed E-state index contributed by atoms with van der Waals surface area (Å²) in [6.45, 7) is 3.05. The van der Waals surface area contributed by atoms with Gasteiger partial charge in [0.05, 0.1) is 35.8 Å². The fraction of sp³-hybridized carbons (Fsp3) is 0.556. The van der Waals surface area contributed by atoms with Crippen molar-refractivity contribution in [3.05, 3.63) is 44.0 Å². The lowest BCUT2D eigenvalue weighted by Crippen LogP contribution is -2.39. The highest BCUT2D eigenvalue weighted by Gasteiger charge is 2.23. The molecule has 0 atom stereocenters. The first kappa shape index (κ1) is 16.4. The summed E-state index contributed by atoms with van der Waals surface area (Å²) in [4.78, 5) is 35.2. The molecule has 0 bridgehead atoms. The van der Waals surface area contributed by atoms with E-state index in [2.05, 4.69) is 10.4 Å². The molecule has 1 aliphatic carbocycles. The number of fused-ring (bicyclic) bond motifs is 1. The fourth-order valence-corrected chi connectivity index (χ4v) is 4.75. The SMILES string of the molecule is CC(=O)N1CCc2c(ncn(Cc3csc(C4CCCC4)n3)c2=O)C1. The van der Waals surface area contributed by atoms with Crippen molar-refractivity contribution >= 4 is 17.2 Å². The van der Waals surface area contributed by atoms with Gasteiger partial charge in [-0.15, -0.1) is 11.3 Å². The van der Waals surface area contributed by atoms with Gasteiger partial charge in [-0.05, 0) is 19.3 Å². The summed E-state index contributed by atoms with van der Waals surface area (Å²) >= 11 is 1.71. The normalized spacial score (nSPS) is 17.7. The largest absolute Gasteiger partial charge is 0.337 e. The molecule has 6 nitrogen and oxygen atoms in total. The van der Waals surface area contributed by atoms with E-state index in [1.54, 1.807) is 34.1 Å². The second kappa shape index (κ2) is 6.71. The average molecular weight is 358 g/mol. The van der Waals surface area contributed by atoms with Crippen LogP contribution in [0.4, 0.5) is 0 Å². The van der Waals surface area contributed by atoms with E-state index < -0.39 is 0 Å². The third-order valence-corrected chi connectivity index (χ3v) is 6.30. The van der Waals surface area contributed by atoms with E-state index in [1.165, 1.54) is 30.7 Å². The molecular weight excluding hydrogens is 336 g/mol. The summed E-state index contributed by atoms with van der Waals surface area (Å²) in [5.41, 5.74) is 2.42. The van der Waals surface area contributed by atoms with Crippen LogP contribution in [0.2, 0.25) is 0 Å². The minimum Gasteiger partial charge on any atom is -0.337 e. The van der Waals surface area contributed by atoms with Crippen LogP contribution in [0.5, 0.6) is 0 Å². The first-order valence-electron chi connectivity index (χ1n) is 8.89. The molecule has 0 N–H and O–H groups in total. The van der Waals surface area contributed by atoms with E-state index >= 15 is 0 Å². The predicted octanol–water partition coefficient (Wildman–Crippen LogP) is 2.31. The molecule has 1 aliphatic heterocycles. The molecule has 4 rings (SSSR count). The van der Waals surface area contributed by atoms with Gasteiger partial charge in [0.25, 0.3) is 5.56 Å². The van der Waals surface area contributed by atoms with E-state index in [0.717, 1.165) is 17.0 Å². The maximum Gasteiger partial charge on any atom is 0.257 e. The highest BCUT2D eigenvalue weighted by molar-refractivity contribution is 7.09. The monoisotopic (exact) mass is 358 g/mol. The van der Waals surface area contributed by atoms with Gasteiger partial charge in [-0.3, -0.25) is 14.2 Å². The molecule has 7 heteroatoms. The Morgan fingerprint density at radius 3 is 2.92 bits per heavy atom. The summed E-state index contributed by atoms with van der Waals surface area (Å²) in [6, 6.07) is 0. The number of hydrogen-bond donors (Lipinski definition) is 0. The van der Waals surface area contributed by atoms with E-state index in [1.807, 2.05) is 0 Å². The molecule has 2 aromatic rings. The molecule has 0 aromatic carbocycles. The van der Waals surface area contributed by atoms with Crippen LogP contribution in [-0.2, 0) is 24.3 Å². The quantitative estimate of drug-likeness (QED) is 0.844. The molecule has 1 fully saturated rings. The Hall–Kier alpha value is -2.02. The van der Waals surface area contributed by atoms with Crippen LogP contribution in [0.25, 0.3) is 0 Å². The Bertz CT molecular complexity index is 851. The fourth-order valence-electron chi connectivity index (χ4n) is 3.77. The lowest BCUT2D eigenvalue weighted by molar-refractivity contribution is -0.129. The molecule has 3 heterocycles. The Morgan fingerprint density at radius 2 is 2.16 bits per heavy atom. The Kier molecular flexibility index (Phi) is 4.41. The van der Waals surface area contributed by atoms with Crippen LogP contribution in [0, 0.1) is 0 Å². The van der Waals surface area contributed by atoms with Gasteiger partial charge in [-0.1, -0.05) is 12.8 Å². The Labute approximate surface area is 150 Å². The maximum atomic E-state index is 12.8. The van der Waals surface area contributed by atoms with E-state index in [0.29, 0.717) is 32.0 Å². The van der Waals surface area contributed by atoms with Crippen LogP contribution in [-0.4, -0.2) is 31.9 Å². The number of aromatic nitrogens is 3. The first-order valence-corrected chi connectivity index (χ1v) is 9.77. The van der Waals surface area contributed by atoms with Crippen molar-refractivity contribution in [3.63, 3.8) is 0 Å². The summed E-state index contributed by atoms with van der Waals surface area (Å²) < 4.78 is 1.65. The van der Waals surface area contributed by atoms with Crippen LogP contribution in [0.1, 0.15) is 60.5 Å². The van der Waals surface area contributed by atoms with Gasteiger partial charge in [0.1, 0.15) is 0 Å². The van der Waals surface area contributed by atoms with Gasteiger partial charge in [-0.2, -0.15) is 0 Å². The maximum absolute atomic E-state index is 12.8. The van der Waals surface area contributed by atoms with Crippen molar-refractivity contribution in [2.24, 2.45) is 0 Å². The zero-order chi connectivity index (χ0) is 17.4. The van der Waals surface area contributed by atoms with Gasteiger partial charge in [0.15, 0.2) is 0 Å². The van der Waals surface area contributed by atoms with Crippen LogP contribution in [0.15, 0.2) is 16.5 Å². The lowest BCUT2D eigenvalue weighted by atomic mass is 10.1. The van der Waals surface area contributed by atoms with Gasteiger partial charge in [0.2, 0.25) is 5.91 Å². The smallest absolute Gasteiger partial charge is 0.257 e. The molecule has 2 aliphatic rings. The number of carbonyl (C=O) groups is 1. The highest BCUT2D eigenvalue weighted by Crippen LogP contribution is 2.35. The van der Waals surface area contributed by atoms with Crippen molar-refractivity contribution in [1.82, 2.24) is 19.4 Å². The third-order valence-electron chi connectivity index (χ3n) is 5.24.